The number of amides is 1. The van der Waals surface area contributed by atoms with E-state index in [-0.39, 0.29) is 18.2 Å². The highest BCUT2D eigenvalue weighted by Gasteiger charge is 2.20. The van der Waals surface area contributed by atoms with E-state index in [1.165, 1.54) is 0 Å². The van der Waals surface area contributed by atoms with Gasteiger partial charge in [0.15, 0.2) is 0 Å². The number of ether oxygens (including phenoxy) is 1. The first-order valence-corrected chi connectivity index (χ1v) is 5.83. The summed E-state index contributed by atoms with van der Waals surface area (Å²) in [5.74, 6) is 0. The minimum atomic E-state index is -0.315. The first-order valence-electron chi connectivity index (χ1n) is 5.83. The molecule has 0 unspecified atom stereocenters. The van der Waals surface area contributed by atoms with Crippen LogP contribution in [-0.2, 0) is 4.74 Å². The van der Waals surface area contributed by atoms with E-state index in [9.17, 15) is 9.90 Å². The molecular formula is C11H21NO3. The topological polar surface area (TPSA) is 58.6 Å². The minimum Gasteiger partial charge on any atom is -0.450 e. The second-order valence-corrected chi connectivity index (χ2v) is 4.14. The SMILES string of the molecule is CCCCOC(=O)N[C@H]1CC[C@H](O)CC1. The van der Waals surface area contributed by atoms with Crippen LogP contribution >= 0.6 is 0 Å². The molecule has 0 radical (unpaired) electrons. The van der Waals surface area contributed by atoms with Crippen molar-refractivity contribution in [2.45, 2.75) is 57.6 Å². The Bertz CT molecular complexity index is 188. The molecule has 0 aliphatic heterocycles. The zero-order valence-corrected chi connectivity index (χ0v) is 9.37. The van der Waals surface area contributed by atoms with Crippen LogP contribution in [0, 0.1) is 0 Å². The summed E-state index contributed by atoms with van der Waals surface area (Å²) in [6.45, 7) is 2.56. The molecular weight excluding hydrogens is 194 g/mol. The number of alkyl carbamates (subject to hydrolysis) is 1. The fourth-order valence-corrected chi connectivity index (χ4v) is 1.74. The van der Waals surface area contributed by atoms with Crippen LogP contribution in [-0.4, -0.2) is 30.0 Å². The van der Waals surface area contributed by atoms with Gasteiger partial charge in [-0.05, 0) is 32.1 Å². The molecule has 15 heavy (non-hydrogen) atoms. The van der Waals surface area contributed by atoms with Gasteiger partial charge >= 0.3 is 6.09 Å². The summed E-state index contributed by atoms with van der Waals surface area (Å²) >= 11 is 0. The Labute approximate surface area is 91.0 Å². The molecule has 1 saturated carbocycles. The highest BCUT2D eigenvalue weighted by molar-refractivity contribution is 5.67. The number of nitrogens with one attached hydrogen (secondary N) is 1. The van der Waals surface area contributed by atoms with E-state index in [1.807, 2.05) is 0 Å². The molecule has 0 aromatic rings. The van der Waals surface area contributed by atoms with Crippen molar-refractivity contribution in [3.63, 3.8) is 0 Å². The molecule has 0 aromatic heterocycles. The third-order valence-corrected chi connectivity index (χ3v) is 2.75. The minimum absolute atomic E-state index is 0.181. The van der Waals surface area contributed by atoms with E-state index in [0.717, 1.165) is 38.5 Å². The number of rotatable bonds is 4. The van der Waals surface area contributed by atoms with Gasteiger partial charge in [0, 0.05) is 6.04 Å². The van der Waals surface area contributed by atoms with Gasteiger partial charge in [-0.2, -0.15) is 0 Å². The Morgan fingerprint density at radius 3 is 2.67 bits per heavy atom. The van der Waals surface area contributed by atoms with Gasteiger partial charge in [-0.3, -0.25) is 0 Å². The number of hydrogen-bond donors (Lipinski definition) is 2. The number of carbonyl (C=O) groups is 1. The number of aliphatic hydroxyl groups excluding tert-OH is 1. The first kappa shape index (κ1) is 12.3. The maximum atomic E-state index is 11.3. The molecule has 0 spiro atoms. The van der Waals surface area contributed by atoms with Gasteiger partial charge in [-0.1, -0.05) is 13.3 Å². The van der Waals surface area contributed by atoms with Crippen LogP contribution in [0.5, 0.6) is 0 Å². The van der Waals surface area contributed by atoms with E-state index in [4.69, 9.17) is 4.74 Å². The van der Waals surface area contributed by atoms with Crippen molar-refractivity contribution in [2.75, 3.05) is 6.61 Å². The standard InChI is InChI=1S/C11H21NO3/c1-2-3-8-15-11(14)12-9-4-6-10(13)7-5-9/h9-10,13H,2-8H2,1H3,(H,12,14)/t9-,10-. The zero-order valence-electron chi connectivity index (χ0n) is 9.37. The normalized spacial score (nSPS) is 26.0. The molecule has 0 aromatic carbocycles. The molecule has 1 rings (SSSR count). The van der Waals surface area contributed by atoms with Crippen molar-refractivity contribution in [3.05, 3.63) is 0 Å². The summed E-state index contributed by atoms with van der Waals surface area (Å²) in [5.41, 5.74) is 0. The van der Waals surface area contributed by atoms with Crippen molar-refractivity contribution < 1.29 is 14.6 Å². The molecule has 1 aliphatic carbocycles. The van der Waals surface area contributed by atoms with Gasteiger partial charge in [-0.15, -0.1) is 0 Å². The monoisotopic (exact) mass is 215 g/mol. The Kier molecular flexibility index (Phi) is 5.47. The maximum absolute atomic E-state index is 11.3. The molecule has 0 bridgehead atoms. The quantitative estimate of drug-likeness (QED) is 0.703. The fraction of sp³-hybridized carbons (Fsp3) is 0.909. The number of unbranched alkanes of at least 4 members (excludes halogenated alkanes) is 1. The summed E-state index contributed by atoms with van der Waals surface area (Å²) in [6, 6.07) is 0.183. The van der Waals surface area contributed by atoms with Crippen LogP contribution in [0.2, 0.25) is 0 Å². The fourth-order valence-electron chi connectivity index (χ4n) is 1.74. The average Bonchev–Trinajstić information content (AvgIpc) is 2.22. The van der Waals surface area contributed by atoms with Gasteiger partial charge in [0.25, 0.3) is 0 Å². The Balaban J connectivity index is 2.09. The van der Waals surface area contributed by atoms with Crippen molar-refractivity contribution in [1.29, 1.82) is 0 Å². The predicted molar refractivity (Wildman–Crippen MR) is 57.7 cm³/mol. The van der Waals surface area contributed by atoms with Gasteiger partial charge in [-0.25, -0.2) is 4.79 Å². The second kappa shape index (κ2) is 6.67. The van der Waals surface area contributed by atoms with E-state index >= 15 is 0 Å². The average molecular weight is 215 g/mol. The Morgan fingerprint density at radius 2 is 2.07 bits per heavy atom. The molecule has 2 N–H and O–H groups in total. The number of carbonyl (C=O) groups excluding carboxylic acids is 1. The Hall–Kier alpha value is -0.770. The first-order chi connectivity index (χ1) is 7.22. The van der Waals surface area contributed by atoms with Gasteiger partial charge in [0.2, 0.25) is 0 Å². The molecule has 0 heterocycles. The van der Waals surface area contributed by atoms with Crippen molar-refractivity contribution in [1.82, 2.24) is 5.32 Å². The molecule has 1 fully saturated rings. The molecule has 0 saturated heterocycles. The maximum Gasteiger partial charge on any atom is 0.407 e. The lowest BCUT2D eigenvalue weighted by Crippen LogP contribution is -2.38. The van der Waals surface area contributed by atoms with Crippen LogP contribution in [0.4, 0.5) is 4.79 Å². The molecule has 1 amide bonds. The lowest BCUT2D eigenvalue weighted by atomic mass is 9.93. The largest absolute Gasteiger partial charge is 0.450 e. The van der Waals surface area contributed by atoms with Gasteiger partial charge in [0.05, 0.1) is 12.7 Å². The lowest BCUT2D eigenvalue weighted by Gasteiger charge is -2.25. The van der Waals surface area contributed by atoms with Crippen LogP contribution in [0.1, 0.15) is 45.4 Å². The third-order valence-electron chi connectivity index (χ3n) is 2.75. The third kappa shape index (κ3) is 5.02. The van der Waals surface area contributed by atoms with Crippen molar-refractivity contribution in [3.8, 4) is 0 Å². The van der Waals surface area contributed by atoms with Crippen LogP contribution < -0.4 is 5.32 Å². The van der Waals surface area contributed by atoms with Gasteiger partial charge < -0.3 is 15.2 Å². The summed E-state index contributed by atoms with van der Waals surface area (Å²) in [6.07, 6.45) is 4.71. The highest BCUT2D eigenvalue weighted by Crippen LogP contribution is 2.18. The highest BCUT2D eigenvalue weighted by atomic mass is 16.5. The predicted octanol–water partition coefficient (Wildman–Crippen LogP) is 1.82. The summed E-state index contributed by atoms with van der Waals surface area (Å²) < 4.78 is 5.00. The zero-order chi connectivity index (χ0) is 11.1. The summed E-state index contributed by atoms with van der Waals surface area (Å²) in [7, 11) is 0. The Morgan fingerprint density at radius 1 is 1.40 bits per heavy atom. The summed E-state index contributed by atoms with van der Waals surface area (Å²) in [4.78, 5) is 11.3. The molecule has 4 nitrogen and oxygen atoms in total. The van der Waals surface area contributed by atoms with E-state index in [2.05, 4.69) is 12.2 Å². The van der Waals surface area contributed by atoms with E-state index in [1.54, 1.807) is 0 Å². The molecule has 88 valence electrons. The molecule has 1 aliphatic rings. The number of hydrogen-bond acceptors (Lipinski definition) is 3. The smallest absolute Gasteiger partial charge is 0.407 e. The molecule has 0 atom stereocenters. The van der Waals surface area contributed by atoms with Crippen LogP contribution in [0.3, 0.4) is 0 Å². The molecule has 4 heteroatoms. The number of aliphatic hydroxyl groups is 1. The van der Waals surface area contributed by atoms with Crippen molar-refractivity contribution >= 4 is 6.09 Å². The lowest BCUT2D eigenvalue weighted by molar-refractivity contribution is 0.106. The van der Waals surface area contributed by atoms with Gasteiger partial charge in [0.1, 0.15) is 0 Å². The van der Waals surface area contributed by atoms with E-state index in [0.29, 0.717) is 6.61 Å². The van der Waals surface area contributed by atoms with Crippen LogP contribution in [0.25, 0.3) is 0 Å². The van der Waals surface area contributed by atoms with Crippen molar-refractivity contribution in [2.24, 2.45) is 0 Å². The van der Waals surface area contributed by atoms with Crippen LogP contribution in [0.15, 0.2) is 0 Å². The van der Waals surface area contributed by atoms with E-state index < -0.39 is 0 Å². The summed E-state index contributed by atoms with van der Waals surface area (Å²) in [5, 5.41) is 12.1. The second-order valence-electron chi connectivity index (χ2n) is 4.14.